The molecule has 3 rings (SSSR count). The maximum absolute atomic E-state index is 12.0. The zero-order valence-electron chi connectivity index (χ0n) is 17.9. The van der Waals surface area contributed by atoms with Gasteiger partial charge in [-0.3, -0.25) is 14.7 Å². The van der Waals surface area contributed by atoms with Crippen molar-refractivity contribution >= 4 is 11.9 Å². The van der Waals surface area contributed by atoms with E-state index in [1.54, 1.807) is 7.05 Å². The fourth-order valence-electron chi connectivity index (χ4n) is 3.55. The molecule has 1 heterocycles. The Morgan fingerprint density at radius 1 is 0.867 bits per heavy atom. The monoisotopic (exact) mass is 407 g/mol. The topological polar surface area (TPSA) is 68.8 Å². The number of aliphatic imine (C=N–C) groups is 1. The van der Waals surface area contributed by atoms with Crippen LogP contribution in [0, 0.1) is 0 Å². The minimum atomic E-state index is 0.0235. The third kappa shape index (κ3) is 7.52. The highest BCUT2D eigenvalue weighted by Gasteiger charge is 2.11. The van der Waals surface area contributed by atoms with Crippen molar-refractivity contribution in [3.63, 3.8) is 0 Å². The molecule has 0 aliphatic carbocycles. The molecule has 6 nitrogen and oxygen atoms in total. The summed E-state index contributed by atoms with van der Waals surface area (Å²) >= 11 is 0. The Morgan fingerprint density at radius 3 is 2.20 bits per heavy atom. The van der Waals surface area contributed by atoms with Crippen molar-refractivity contribution in [1.82, 2.24) is 20.9 Å². The molecule has 0 bridgehead atoms. The van der Waals surface area contributed by atoms with Crippen molar-refractivity contribution in [2.24, 2.45) is 4.99 Å². The molecule has 1 fully saturated rings. The molecule has 0 atom stereocenters. The largest absolute Gasteiger partial charge is 0.356 e. The van der Waals surface area contributed by atoms with Crippen LogP contribution in [0.1, 0.15) is 36.0 Å². The maximum Gasteiger partial charge on any atom is 0.222 e. The number of carbonyl (C=O) groups is 1. The number of benzene rings is 2. The van der Waals surface area contributed by atoms with Crippen LogP contribution < -0.4 is 16.0 Å². The lowest BCUT2D eigenvalue weighted by Crippen LogP contribution is -2.38. The van der Waals surface area contributed by atoms with Gasteiger partial charge in [0.15, 0.2) is 5.96 Å². The number of likely N-dealkylation sites (tertiary alicyclic amines) is 1. The van der Waals surface area contributed by atoms with Crippen molar-refractivity contribution < 1.29 is 4.79 Å². The lowest BCUT2D eigenvalue weighted by molar-refractivity contribution is -0.121. The predicted octanol–water partition coefficient (Wildman–Crippen LogP) is 2.65. The third-order valence-corrected chi connectivity index (χ3v) is 5.29. The van der Waals surface area contributed by atoms with Crippen LogP contribution in [0.4, 0.5) is 0 Å². The van der Waals surface area contributed by atoms with Crippen molar-refractivity contribution in [2.75, 3.05) is 26.7 Å². The minimum Gasteiger partial charge on any atom is -0.356 e. The van der Waals surface area contributed by atoms with Gasteiger partial charge >= 0.3 is 0 Å². The Hall–Kier alpha value is -2.86. The van der Waals surface area contributed by atoms with Gasteiger partial charge in [-0.1, -0.05) is 54.6 Å². The molecule has 30 heavy (non-hydrogen) atoms. The molecule has 0 spiro atoms. The van der Waals surface area contributed by atoms with E-state index in [2.05, 4.69) is 50.1 Å². The van der Waals surface area contributed by atoms with Crippen LogP contribution >= 0.6 is 0 Å². The number of nitrogens with zero attached hydrogens (tertiary/aromatic N) is 2. The van der Waals surface area contributed by atoms with E-state index in [0.29, 0.717) is 32.0 Å². The van der Waals surface area contributed by atoms with Crippen LogP contribution in [0.3, 0.4) is 0 Å². The summed E-state index contributed by atoms with van der Waals surface area (Å²) in [5.41, 5.74) is 3.68. The summed E-state index contributed by atoms with van der Waals surface area (Å²) in [5.74, 6) is 0.724. The standard InChI is InChI=1S/C24H33N5O/c1-25-24(26-14-13-23(30)27-17-20-7-3-2-4-8-20)28-18-21-9-11-22(12-10-21)19-29-15-5-6-16-29/h2-4,7-12H,5-6,13-19H2,1H3,(H,27,30)(H2,25,26,28). The predicted molar refractivity (Wildman–Crippen MR) is 122 cm³/mol. The summed E-state index contributed by atoms with van der Waals surface area (Å²) in [5, 5.41) is 9.44. The average Bonchev–Trinajstić information content (AvgIpc) is 3.29. The number of nitrogens with one attached hydrogen (secondary N) is 3. The van der Waals surface area contributed by atoms with E-state index in [-0.39, 0.29) is 5.91 Å². The van der Waals surface area contributed by atoms with Gasteiger partial charge in [-0.05, 0) is 42.6 Å². The smallest absolute Gasteiger partial charge is 0.222 e. The highest BCUT2D eigenvalue weighted by Crippen LogP contribution is 2.13. The summed E-state index contributed by atoms with van der Waals surface area (Å²) in [6.45, 7) is 5.27. The van der Waals surface area contributed by atoms with Gasteiger partial charge in [-0.15, -0.1) is 0 Å². The van der Waals surface area contributed by atoms with Crippen LogP contribution in [0.15, 0.2) is 59.6 Å². The van der Waals surface area contributed by atoms with Gasteiger partial charge in [0.1, 0.15) is 0 Å². The summed E-state index contributed by atoms with van der Waals surface area (Å²) in [7, 11) is 1.74. The second kappa shape index (κ2) is 12.0. The molecule has 0 aromatic heterocycles. The van der Waals surface area contributed by atoms with Gasteiger partial charge in [0.25, 0.3) is 0 Å². The van der Waals surface area contributed by atoms with E-state index < -0.39 is 0 Å². The number of hydrogen-bond donors (Lipinski definition) is 3. The Bertz CT molecular complexity index is 798. The summed E-state index contributed by atoms with van der Waals surface area (Å²) in [4.78, 5) is 18.8. The number of hydrogen-bond acceptors (Lipinski definition) is 3. The minimum absolute atomic E-state index is 0.0235. The molecular weight excluding hydrogens is 374 g/mol. The maximum atomic E-state index is 12.0. The Kier molecular flexibility index (Phi) is 8.72. The fraction of sp³-hybridized carbons (Fsp3) is 0.417. The fourth-order valence-corrected chi connectivity index (χ4v) is 3.55. The van der Waals surface area contributed by atoms with E-state index in [4.69, 9.17) is 0 Å². The van der Waals surface area contributed by atoms with Crippen molar-refractivity contribution in [3.05, 3.63) is 71.3 Å². The molecule has 160 valence electrons. The molecule has 3 N–H and O–H groups in total. The molecule has 0 saturated carbocycles. The molecule has 1 saturated heterocycles. The highest BCUT2D eigenvalue weighted by molar-refractivity contribution is 5.81. The Morgan fingerprint density at radius 2 is 1.50 bits per heavy atom. The second-order valence-corrected chi connectivity index (χ2v) is 7.66. The first-order chi connectivity index (χ1) is 14.7. The van der Waals surface area contributed by atoms with Gasteiger partial charge in [0, 0.05) is 39.6 Å². The first-order valence-electron chi connectivity index (χ1n) is 10.8. The third-order valence-electron chi connectivity index (χ3n) is 5.29. The number of carbonyl (C=O) groups excluding carboxylic acids is 1. The molecule has 6 heteroatoms. The van der Waals surface area contributed by atoms with Crippen LogP contribution in [-0.4, -0.2) is 43.4 Å². The van der Waals surface area contributed by atoms with Gasteiger partial charge in [-0.25, -0.2) is 0 Å². The first kappa shape index (κ1) is 21.8. The van der Waals surface area contributed by atoms with Gasteiger partial charge < -0.3 is 16.0 Å². The Labute approximate surface area is 179 Å². The lowest BCUT2D eigenvalue weighted by atomic mass is 10.1. The molecule has 2 aromatic carbocycles. The number of guanidine groups is 1. The van der Waals surface area contributed by atoms with Gasteiger partial charge in [-0.2, -0.15) is 0 Å². The molecule has 1 amide bonds. The average molecular weight is 408 g/mol. The number of amides is 1. The summed E-state index contributed by atoms with van der Waals surface area (Å²) in [6, 6.07) is 18.7. The van der Waals surface area contributed by atoms with Crippen LogP contribution in [0.25, 0.3) is 0 Å². The van der Waals surface area contributed by atoms with Crippen molar-refractivity contribution in [2.45, 2.75) is 38.9 Å². The van der Waals surface area contributed by atoms with E-state index >= 15 is 0 Å². The van der Waals surface area contributed by atoms with Crippen molar-refractivity contribution in [3.8, 4) is 0 Å². The van der Waals surface area contributed by atoms with E-state index in [1.807, 2.05) is 30.3 Å². The summed E-state index contributed by atoms with van der Waals surface area (Å²) < 4.78 is 0. The van der Waals surface area contributed by atoms with E-state index in [1.165, 1.54) is 37.1 Å². The normalized spacial score (nSPS) is 14.5. The Balaban J connectivity index is 1.32. The molecular formula is C24H33N5O. The van der Waals surface area contributed by atoms with Gasteiger partial charge in [0.05, 0.1) is 0 Å². The zero-order chi connectivity index (χ0) is 21.0. The SMILES string of the molecule is CN=C(NCCC(=O)NCc1ccccc1)NCc1ccc(CN2CCCC2)cc1. The molecule has 2 aromatic rings. The van der Waals surface area contributed by atoms with E-state index in [0.717, 1.165) is 12.1 Å². The number of rotatable bonds is 9. The zero-order valence-corrected chi connectivity index (χ0v) is 17.9. The van der Waals surface area contributed by atoms with Crippen LogP contribution in [0.2, 0.25) is 0 Å². The van der Waals surface area contributed by atoms with Crippen LogP contribution in [-0.2, 0) is 24.4 Å². The quantitative estimate of drug-likeness (QED) is 0.442. The first-order valence-corrected chi connectivity index (χ1v) is 10.8. The second-order valence-electron chi connectivity index (χ2n) is 7.66. The molecule has 0 radical (unpaired) electrons. The molecule has 1 aliphatic heterocycles. The highest BCUT2D eigenvalue weighted by atomic mass is 16.1. The lowest BCUT2D eigenvalue weighted by Gasteiger charge is -2.15. The summed E-state index contributed by atoms with van der Waals surface area (Å²) in [6.07, 6.45) is 3.05. The van der Waals surface area contributed by atoms with Crippen molar-refractivity contribution in [1.29, 1.82) is 0 Å². The molecule has 0 unspecified atom stereocenters. The molecule has 1 aliphatic rings. The van der Waals surface area contributed by atoms with E-state index in [9.17, 15) is 4.79 Å². The van der Waals surface area contributed by atoms with Gasteiger partial charge in [0.2, 0.25) is 5.91 Å². The van der Waals surface area contributed by atoms with Crippen LogP contribution in [0.5, 0.6) is 0 Å².